The Morgan fingerprint density at radius 3 is 2.71 bits per heavy atom. The zero-order chi connectivity index (χ0) is 15.8. The molecule has 1 aromatic rings. The second-order valence-corrected chi connectivity index (χ2v) is 7.42. The minimum atomic E-state index is -3.83. The Bertz CT molecular complexity index is 677. The van der Waals surface area contributed by atoms with E-state index in [-0.39, 0.29) is 33.8 Å². The largest absolute Gasteiger partial charge is 0.327 e. The monoisotopic (exact) mass is 333 g/mol. The van der Waals surface area contributed by atoms with Gasteiger partial charge in [-0.05, 0) is 25.8 Å². The Balaban J connectivity index is 2.47. The molecule has 7 nitrogen and oxygen atoms in total. The average molecular weight is 334 g/mol. The number of nitro groups is 1. The summed E-state index contributed by atoms with van der Waals surface area (Å²) in [6, 6.07) is 2.08. The molecular formula is C12H16ClN3O4S. The minimum Gasteiger partial charge on any atom is -0.327 e. The minimum absolute atomic E-state index is 0.0593. The standard InChI is InChI=1S/C12H16ClN3O4S/c1-8-11(13)5-10(6-12(8)16(17)18)21(19,20)15-4-2-3-9(14)7-15/h5-6,9H,2-4,7,14H2,1H3. The van der Waals surface area contributed by atoms with E-state index in [0.29, 0.717) is 13.0 Å². The molecule has 1 unspecified atom stereocenters. The van der Waals surface area contributed by atoms with Crippen molar-refractivity contribution in [3.8, 4) is 0 Å². The summed E-state index contributed by atoms with van der Waals surface area (Å²) in [5.74, 6) is 0. The molecule has 1 saturated heterocycles. The summed E-state index contributed by atoms with van der Waals surface area (Å²) in [5.41, 5.74) is 5.73. The van der Waals surface area contributed by atoms with Crippen LogP contribution in [0, 0.1) is 17.0 Å². The number of nitro benzene ring substituents is 1. The summed E-state index contributed by atoms with van der Waals surface area (Å²) in [7, 11) is -3.83. The maximum atomic E-state index is 12.6. The van der Waals surface area contributed by atoms with Crippen LogP contribution < -0.4 is 5.73 Å². The van der Waals surface area contributed by atoms with Gasteiger partial charge in [0.2, 0.25) is 10.0 Å². The summed E-state index contributed by atoms with van der Waals surface area (Å²) in [5, 5.41) is 11.1. The number of hydrogen-bond acceptors (Lipinski definition) is 5. The molecule has 0 spiro atoms. The van der Waals surface area contributed by atoms with Crippen molar-refractivity contribution in [2.45, 2.75) is 30.7 Å². The van der Waals surface area contributed by atoms with E-state index in [4.69, 9.17) is 17.3 Å². The molecule has 116 valence electrons. The van der Waals surface area contributed by atoms with Crippen LogP contribution in [0.15, 0.2) is 17.0 Å². The van der Waals surface area contributed by atoms with Crippen molar-refractivity contribution in [3.05, 3.63) is 32.8 Å². The van der Waals surface area contributed by atoms with Crippen molar-refractivity contribution in [1.82, 2.24) is 4.31 Å². The smallest absolute Gasteiger partial charge is 0.275 e. The van der Waals surface area contributed by atoms with Crippen LogP contribution >= 0.6 is 11.6 Å². The summed E-state index contributed by atoms with van der Waals surface area (Å²) < 4.78 is 26.4. The van der Waals surface area contributed by atoms with Gasteiger partial charge in [0.1, 0.15) is 0 Å². The molecule has 1 atom stereocenters. The van der Waals surface area contributed by atoms with Gasteiger partial charge in [-0.15, -0.1) is 0 Å². The molecule has 1 aliphatic rings. The van der Waals surface area contributed by atoms with E-state index in [0.717, 1.165) is 12.5 Å². The molecule has 1 heterocycles. The van der Waals surface area contributed by atoms with Crippen LogP contribution in [-0.2, 0) is 10.0 Å². The van der Waals surface area contributed by atoms with Gasteiger partial charge in [0.25, 0.3) is 5.69 Å². The highest BCUT2D eigenvalue weighted by molar-refractivity contribution is 7.89. The number of nitrogens with two attached hydrogens (primary N) is 1. The lowest BCUT2D eigenvalue weighted by Gasteiger charge is -2.29. The summed E-state index contributed by atoms with van der Waals surface area (Å²) in [6.45, 7) is 2.05. The van der Waals surface area contributed by atoms with Crippen LogP contribution in [0.1, 0.15) is 18.4 Å². The predicted octanol–water partition coefficient (Wildman–Crippen LogP) is 1.67. The lowest BCUT2D eigenvalue weighted by Crippen LogP contribution is -2.45. The van der Waals surface area contributed by atoms with Crippen LogP contribution in [0.2, 0.25) is 5.02 Å². The van der Waals surface area contributed by atoms with Crippen molar-refractivity contribution >= 4 is 27.3 Å². The van der Waals surface area contributed by atoms with E-state index in [1.807, 2.05) is 0 Å². The van der Waals surface area contributed by atoms with Gasteiger partial charge in [0.15, 0.2) is 0 Å². The van der Waals surface area contributed by atoms with Crippen molar-refractivity contribution in [3.63, 3.8) is 0 Å². The number of rotatable bonds is 3. The summed E-state index contributed by atoms with van der Waals surface area (Å²) in [6.07, 6.45) is 1.43. The van der Waals surface area contributed by atoms with Crippen molar-refractivity contribution in [2.24, 2.45) is 5.73 Å². The van der Waals surface area contributed by atoms with Crippen LogP contribution in [0.3, 0.4) is 0 Å². The zero-order valence-electron chi connectivity index (χ0n) is 11.5. The van der Waals surface area contributed by atoms with E-state index in [1.165, 1.54) is 17.3 Å². The highest BCUT2D eigenvalue weighted by atomic mass is 35.5. The predicted molar refractivity (Wildman–Crippen MR) is 78.8 cm³/mol. The van der Waals surface area contributed by atoms with E-state index in [1.54, 1.807) is 0 Å². The quantitative estimate of drug-likeness (QED) is 0.668. The highest BCUT2D eigenvalue weighted by Crippen LogP contribution is 2.31. The number of sulfonamides is 1. The van der Waals surface area contributed by atoms with E-state index < -0.39 is 14.9 Å². The topological polar surface area (TPSA) is 107 Å². The maximum Gasteiger partial charge on any atom is 0.275 e. The summed E-state index contributed by atoms with van der Waals surface area (Å²) >= 11 is 5.92. The van der Waals surface area contributed by atoms with E-state index >= 15 is 0 Å². The van der Waals surface area contributed by atoms with Gasteiger partial charge in [0, 0.05) is 30.8 Å². The normalized spacial score (nSPS) is 20.4. The van der Waals surface area contributed by atoms with Gasteiger partial charge < -0.3 is 5.73 Å². The summed E-state index contributed by atoms with van der Waals surface area (Å²) in [4.78, 5) is 10.2. The molecule has 0 radical (unpaired) electrons. The molecule has 9 heteroatoms. The number of piperidine rings is 1. The molecule has 0 bridgehead atoms. The van der Waals surface area contributed by atoms with Gasteiger partial charge in [-0.3, -0.25) is 10.1 Å². The number of benzene rings is 1. The van der Waals surface area contributed by atoms with E-state index in [2.05, 4.69) is 0 Å². The Labute approximate surface area is 127 Å². The first kappa shape index (κ1) is 16.2. The van der Waals surface area contributed by atoms with Gasteiger partial charge in [-0.1, -0.05) is 11.6 Å². The number of nitrogens with zero attached hydrogens (tertiary/aromatic N) is 2. The second kappa shape index (κ2) is 5.88. The van der Waals surface area contributed by atoms with Crippen LogP contribution in [0.4, 0.5) is 5.69 Å². The van der Waals surface area contributed by atoms with Gasteiger partial charge >= 0.3 is 0 Å². The molecule has 2 rings (SSSR count). The fraction of sp³-hybridized carbons (Fsp3) is 0.500. The third-order valence-corrected chi connectivity index (χ3v) is 5.78. The zero-order valence-corrected chi connectivity index (χ0v) is 13.0. The Kier molecular flexibility index (Phi) is 4.52. The number of halogens is 1. The Hall–Kier alpha value is -1.22. The second-order valence-electron chi connectivity index (χ2n) is 5.07. The molecule has 0 aromatic heterocycles. The first-order chi connectivity index (χ1) is 9.73. The van der Waals surface area contributed by atoms with Crippen molar-refractivity contribution in [2.75, 3.05) is 13.1 Å². The first-order valence-corrected chi connectivity index (χ1v) is 8.25. The third kappa shape index (κ3) is 3.18. The maximum absolute atomic E-state index is 12.6. The molecule has 2 N–H and O–H groups in total. The van der Waals surface area contributed by atoms with E-state index in [9.17, 15) is 18.5 Å². The molecule has 0 saturated carbocycles. The molecule has 21 heavy (non-hydrogen) atoms. The van der Waals surface area contributed by atoms with Gasteiger partial charge in [-0.25, -0.2) is 8.42 Å². The van der Waals surface area contributed by atoms with Gasteiger partial charge in [-0.2, -0.15) is 4.31 Å². The van der Waals surface area contributed by atoms with Crippen molar-refractivity contribution < 1.29 is 13.3 Å². The molecular weight excluding hydrogens is 318 g/mol. The molecule has 1 aromatic carbocycles. The molecule has 0 aliphatic carbocycles. The molecule has 0 amide bonds. The SMILES string of the molecule is Cc1c(Cl)cc(S(=O)(=O)N2CCCC(N)C2)cc1[N+](=O)[O-]. The van der Waals surface area contributed by atoms with Gasteiger partial charge in [0.05, 0.1) is 14.8 Å². The molecule has 1 fully saturated rings. The first-order valence-electron chi connectivity index (χ1n) is 6.43. The van der Waals surface area contributed by atoms with Crippen LogP contribution in [0.25, 0.3) is 0 Å². The van der Waals surface area contributed by atoms with Crippen molar-refractivity contribution in [1.29, 1.82) is 0 Å². The fourth-order valence-corrected chi connectivity index (χ4v) is 4.18. The Morgan fingerprint density at radius 2 is 2.14 bits per heavy atom. The average Bonchev–Trinajstić information content (AvgIpc) is 2.41. The highest BCUT2D eigenvalue weighted by Gasteiger charge is 2.31. The number of hydrogen-bond donors (Lipinski definition) is 1. The van der Waals surface area contributed by atoms with Crippen LogP contribution in [0.5, 0.6) is 0 Å². The Morgan fingerprint density at radius 1 is 1.48 bits per heavy atom. The lowest BCUT2D eigenvalue weighted by molar-refractivity contribution is -0.385. The lowest BCUT2D eigenvalue weighted by atomic mass is 10.1. The van der Waals surface area contributed by atoms with Crippen LogP contribution in [-0.4, -0.2) is 36.8 Å². The fourth-order valence-electron chi connectivity index (χ4n) is 2.32. The molecule has 1 aliphatic heterocycles. The third-order valence-electron chi connectivity index (χ3n) is 3.55.